The minimum Gasteiger partial charge on any atom is -0.497 e. The van der Waals surface area contributed by atoms with Crippen molar-refractivity contribution < 1.29 is 23.9 Å². The van der Waals surface area contributed by atoms with Gasteiger partial charge >= 0.3 is 0 Å². The Kier molecular flexibility index (Phi) is 5.06. The number of nitro benzene ring substituents is 1. The molecule has 0 saturated heterocycles. The van der Waals surface area contributed by atoms with E-state index in [1.807, 2.05) is 30.3 Å². The number of amides is 1. The average Bonchev–Trinajstić information content (AvgIpc) is 3.52. The van der Waals surface area contributed by atoms with Crippen LogP contribution in [0.15, 0.2) is 60.7 Å². The van der Waals surface area contributed by atoms with E-state index in [1.54, 1.807) is 19.2 Å². The number of ether oxygens (including phenoxy) is 3. The van der Waals surface area contributed by atoms with E-state index in [4.69, 9.17) is 19.2 Å². The van der Waals surface area contributed by atoms with E-state index < -0.39 is 10.8 Å². The molecule has 4 aromatic rings. The summed E-state index contributed by atoms with van der Waals surface area (Å²) < 4.78 is 15.8. The van der Waals surface area contributed by atoms with Crippen molar-refractivity contribution in [2.24, 2.45) is 0 Å². The number of benzene rings is 3. The zero-order valence-corrected chi connectivity index (χ0v) is 19.2. The number of fused-ring (bicyclic) bond motifs is 3. The number of nitrogens with zero attached hydrogens (tertiary/aromatic N) is 3. The first-order valence-corrected chi connectivity index (χ1v) is 11.2. The van der Waals surface area contributed by atoms with Gasteiger partial charge in [-0.3, -0.25) is 14.9 Å². The van der Waals surface area contributed by atoms with Gasteiger partial charge in [-0.15, -0.1) is 0 Å². The molecule has 3 heterocycles. The number of aromatic nitrogens is 1. The number of carbonyl (C=O) groups excluding carboxylic acids is 1. The number of methoxy groups -OCH3 is 1. The molecule has 6 rings (SSSR count). The summed E-state index contributed by atoms with van der Waals surface area (Å²) in [7, 11) is 1.63. The van der Waals surface area contributed by atoms with Crippen LogP contribution in [0.5, 0.6) is 17.2 Å². The number of carbonyl (C=O) groups is 1. The summed E-state index contributed by atoms with van der Waals surface area (Å²) in [5, 5.41) is 15.2. The van der Waals surface area contributed by atoms with Crippen LogP contribution < -0.4 is 24.4 Å². The van der Waals surface area contributed by atoms with Crippen LogP contribution >= 0.6 is 0 Å². The van der Waals surface area contributed by atoms with Crippen LogP contribution in [0.25, 0.3) is 10.9 Å². The second kappa shape index (κ2) is 8.42. The van der Waals surface area contributed by atoms with E-state index in [1.165, 1.54) is 12.1 Å². The standard InChI is InChI=1S/C26H20N4O6/c1-34-19-7-4-16-10-17-8-9-29(25(17)27-20(16)11-19)18-5-2-15(3-6-18)26(31)28-21-12-23-24(36-14-35-23)13-22(21)30(32)33/h2-7,10-13H,8-9,14H2,1H3,(H,28,31). The Labute approximate surface area is 205 Å². The Morgan fingerprint density at radius 1 is 1.08 bits per heavy atom. The SMILES string of the molecule is COc1ccc2cc3c(nc2c1)N(c1ccc(C(=O)Nc2cc4c(cc2[N+](=O)[O-])OCO4)cc1)CC3. The first-order chi connectivity index (χ1) is 17.5. The highest BCUT2D eigenvalue weighted by Crippen LogP contribution is 2.41. The number of nitro groups is 1. The van der Waals surface area contributed by atoms with Crippen molar-refractivity contribution in [2.75, 3.05) is 30.7 Å². The summed E-state index contributed by atoms with van der Waals surface area (Å²) in [5.74, 6) is 1.77. The molecular formula is C26H20N4O6. The van der Waals surface area contributed by atoms with E-state index in [2.05, 4.69) is 16.3 Å². The molecule has 1 N–H and O–H groups in total. The van der Waals surface area contributed by atoms with Gasteiger partial charge in [0.2, 0.25) is 6.79 Å². The quantitative estimate of drug-likeness (QED) is 0.316. The average molecular weight is 484 g/mol. The van der Waals surface area contributed by atoms with Gasteiger partial charge in [0.25, 0.3) is 11.6 Å². The second-order valence-electron chi connectivity index (χ2n) is 8.41. The number of pyridine rings is 1. The summed E-state index contributed by atoms with van der Waals surface area (Å²) in [6, 6.07) is 17.7. The van der Waals surface area contributed by atoms with Gasteiger partial charge < -0.3 is 24.4 Å². The highest BCUT2D eigenvalue weighted by Gasteiger charge is 2.26. The van der Waals surface area contributed by atoms with Gasteiger partial charge in [-0.1, -0.05) is 0 Å². The minimum absolute atomic E-state index is 0.0246. The van der Waals surface area contributed by atoms with Gasteiger partial charge in [-0.05, 0) is 54.4 Å². The van der Waals surface area contributed by atoms with Crippen molar-refractivity contribution in [1.29, 1.82) is 0 Å². The Hall–Kier alpha value is -4.86. The van der Waals surface area contributed by atoms with Crippen LogP contribution in [-0.2, 0) is 6.42 Å². The van der Waals surface area contributed by atoms with Gasteiger partial charge in [0.05, 0.1) is 23.6 Å². The molecule has 0 atom stereocenters. The fourth-order valence-corrected chi connectivity index (χ4v) is 4.48. The third kappa shape index (κ3) is 3.68. The fourth-order valence-electron chi connectivity index (χ4n) is 4.48. The lowest BCUT2D eigenvalue weighted by atomic mass is 10.1. The molecule has 1 amide bonds. The van der Waals surface area contributed by atoms with Crippen molar-refractivity contribution >= 4 is 39.7 Å². The van der Waals surface area contributed by atoms with Crippen molar-refractivity contribution in [1.82, 2.24) is 4.98 Å². The number of rotatable bonds is 5. The smallest absolute Gasteiger partial charge is 0.296 e. The van der Waals surface area contributed by atoms with Gasteiger partial charge in [0.1, 0.15) is 17.3 Å². The molecule has 10 nitrogen and oxygen atoms in total. The molecule has 2 aliphatic heterocycles. The highest BCUT2D eigenvalue weighted by molar-refractivity contribution is 6.06. The molecule has 0 spiro atoms. The third-order valence-corrected chi connectivity index (χ3v) is 6.32. The summed E-state index contributed by atoms with van der Waals surface area (Å²) in [4.78, 5) is 30.8. The van der Waals surface area contributed by atoms with Crippen LogP contribution in [0, 0.1) is 10.1 Å². The molecule has 0 radical (unpaired) electrons. The molecule has 3 aromatic carbocycles. The van der Waals surface area contributed by atoms with E-state index in [9.17, 15) is 14.9 Å². The molecule has 1 aromatic heterocycles. The monoisotopic (exact) mass is 484 g/mol. The maximum Gasteiger partial charge on any atom is 0.296 e. The van der Waals surface area contributed by atoms with E-state index in [-0.39, 0.29) is 23.9 Å². The zero-order valence-electron chi connectivity index (χ0n) is 19.2. The molecule has 0 bridgehead atoms. The minimum atomic E-state index is -0.572. The molecule has 0 unspecified atom stereocenters. The van der Waals surface area contributed by atoms with Crippen LogP contribution in [-0.4, -0.2) is 36.3 Å². The lowest BCUT2D eigenvalue weighted by molar-refractivity contribution is -0.384. The van der Waals surface area contributed by atoms with Gasteiger partial charge in [0.15, 0.2) is 11.5 Å². The maximum atomic E-state index is 12.9. The van der Waals surface area contributed by atoms with Gasteiger partial charge in [-0.2, -0.15) is 0 Å². The van der Waals surface area contributed by atoms with Crippen LogP contribution in [0.1, 0.15) is 15.9 Å². The summed E-state index contributed by atoms with van der Waals surface area (Å²) in [5.41, 5.74) is 3.03. The maximum absolute atomic E-state index is 12.9. The summed E-state index contributed by atoms with van der Waals surface area (Å²) >= 11 is 0. The fraction of sp³-hybridized carbons (Fsp3) is 0.154. The first kappa shape index (κ1) is 21.7. The molecule has 10 heteroatoms. The number of anilines is 3. The van der Waals surface area contributed by atoms with Crippen LogP contribution in [0.3, 0.4) is 0 Å². The van der Waals surface area contributed by atoms with Crippen LogP contribution in [0.4, 0.5) is 22.9 Å². The molecule has 180 valence electrons. The first-order valence-electron chi connectivity index (χ1n) is 11.2. The summed E-state index contributed by atoms with van der Waals surface area (Å²) in [6.07, 6.45) is 0.861. The zero-order chi connectivity index (χ0) is 24.8. The number of nitrogens with one attached hydrogen (secondary N) is 1. The molecule has 0 saturated carbocycles. The molecule has 2 aliphatic rings. The van der Waals surface area contributed by atoms with E-state index >= 15 is 0 Å². The Balaban J connectivity index is 1.25. The largest absolute Gasteiger partial charge is 0.497 e. The molecule has 0 fully saturated rings. The summed E-state index contributed by atoms with van der Waals surface area (Å²) in [6.45, 7) is 0.744. The Morgan fingerprint density at radius 2 is 1.86 bits per heavy atom. The number of hydrogen-bond donors (Lipinski definition) is 1. The van der Waals surface area contributed by atoms with Crippen molar-refractivity contribution in [3.05, 3.63) is 81.9 Å². The topological polar surface area (TPSA) is 116 Å². The predicted octanol–water partition coefficient (Wildman–Crippen LogP) is 4.83. The molecule has 0 aliphatic carbocycles. The van der Waals surface area contributed by atoms with Crippen LogP contribution in [0.2, 0.25) is 0 Å². The van der Waals surface area contributed by atoms with Gasteiger partial charge in [0, 0.05) is 35.3 Å². The highest BCUT2D eigenvalue weighted by atomic mass is 16.7. The van der Waals surface area contributed by atoms with Crippen molar-refractivity contribution in [3.8, 4) is 17.2 Å². The second-order valence-corrected chi connectivity index (χ2v) is 8.41. The number of hydrogen-bond acceptors (Lipinski definition) is 8. The Morgan fingerprint density at radius 3 is 2.61 bits per heavy atom. The molecular weight excluding hydrogens is 464 g/mol. The third-order valence-electron chi connectivity index (χ3n) is 6.32. The lowest BCUT2D eigenvalue weighted by Crippen LogP contribution is -2.16. The van der Waals surface area contributed by atoms with E-state index in [0.717, 1.165) is 46.7 Å². The predicted molar refractivity (Wildman–Crippen MR) is 133 cm³/mol. The Bertz CT molecular complexity index is 1540. The molecule has 36 heavy (non-hydrogen) atoms. The van der Waals surface area contributed by atoms with Crippen molar-refractivity contribution in [2.45, 2.75) is 6.42 Å². The van der Waals surface area contributed by atoms with E-state index in [0.29, 0.717) is 11.3 Å². The lowest BCUT2D eigenvalue weighted by Gasteiger charge is -2.19. The van der Waals surface area contributed by atoms with Gasteiger partial charge in [-0.25, -0.2) is 4.98 Å². The normalized spacial score (nSPS) is 13.5. The van der Waals surface area contributed by atoms with Crippen molar-refractivity contribution in [3.63, 3.8) is 0 Å².